The first kappa shape index (κ1) is 21.4. The van der Waals surface area contributed by atoms with Crippen LogP contribution in [-0.4, -0.2) is 40.9 Å². The van der Waals surface area contributed by atoms with Crippen molar-refractivity contribution in [2.75, 3.05) is 13.1 Å². The van der Waals surface area contributed by atoms with Gasteiger partial charge in [-0.15, -0.1) is 0 Å². The first-order chi connectivity index (χ1) is 14.2. The number of nitriles is 1. The van der Waals surface area contributed by atoms with Gasteiger partial charge < -0.3 is 9.80 Å². The van der Waals surface area contributed by atoms with Gasteiger partial charge in [-0.2, -0.15) is 18.4 Å². The Bertz CT molecular complexity index is 965. The third-order valence-corrected chi connectivity index (χ3v) is 4.83. The molecule has 0 atom stereocenters. The van der Waals surface area contributed by atoms with Crippen LogP contribution in [0.5, 0.6) is 0 Å². The van der Waals surface area contributed by atoms with Gasteiger partial charge in [-0.3, -0.25) is 9.59 Å². The van der Waals surface area contributed by atoms with Crippen molar-refractivity contribution in [2.24, 2.45) is 0 Å². The molecule has 5 nitrogen and oxygen atoms in total. The van der Waals surface area contributed by atoms with Gasteiger partial charge in [0.05, 0.1) is 11.6 Å². The molecule has 156 valence electrons. The van der Waals surface area contributed by atoms with Gasteiger partial charge in [0.2, 0.25) is 5.91 Å². The summed E-state index contributed by atoms with van der Waals surface area (Å²) in [4.78, 5) is 27.1. The molecular formula is C22H20F3N3O2. The van der Waals surface area contributed by atoms with Crippen molar-refractivity contribution in [2.45, 2.75) is 32.1 Å². The molecule has 2 aromatic rings. The van der Waals surface area contributed by atoms with E-state index in [1.54, 1.807) is 17.0 Å². The summed E-state index contributed by atoms with van der Waals surface area (Å²) < 4.78 is 39.3. The number of halogens is 3. The highest BCUT2D eigenvalue weighted by molar-refractivity contribution is 5.94. The summed E-state index contributed by atoms with van der Waals surface area (Å²) in [6, 6.07) is 14.4. The van der Waals surface area contributed by atoms with Gasteiger partial charge in [-0.25, -0.2) is 0 Å². The number of hydrogen-bond acceptors (Lipinski definition) is 3. The van der Waals surface area contributed by atoms with Crippen molar-refractivity contribution in [3.05, 3.63) is 70.8 Å². The molecule has 2 aromatic carbocycles. The van der Waals surface area contributed by atoms with E-state index in [1.165, 1.54) is 36.4 Å². The van der Waals surface area contributed by atoms with Crippen LogP contribution in [0.15, 0.2) is 48.5 Å². The van der Waals surface area contributed by atoms with Crippen molar-refractivity contribution in [1.29, 1.82) is 5.26 Å². The van der Waals surface area contributed by atoms with Crippen molar-refractivity contribution in [3.63, 3.8) is 0 Å². The van der Waals surface area contributed by atoms with Gasteiger partial charge in [0.15, 0.2) is 0 Å². The van der Waals surface area contributed by atoms with Crippen LogP contribution in [0.25, 0.3) is 0 Å². The van der Waals surface area contributed by atoms with Gasteiger partial charge in [0, 0.05) is 31.6 Å². The molecule has 1 fully saturated rings. The highest BCUT2D eigenvalue weighted by Crippen LogP contribution is 2.22. The van der Waals surface area contributed by atoms with E-state index in [4.69, 9.17) is 5.26 Å². The van der Waals surface area contributed by atoms with Crippen LogP contribution in [0.4, 0.5) is 13.2 Å². The molecule has 1 heterocycles. The van der Waals surface area contributed by atoms with Crippen LogP contribution in [0.1, 0.15) is 39.9 Å². The zero-order valence-electron chi connectivity index (χ0n) is 16.2. The summed E-state index contributed by atoms with van der Waals surface area (Å²) in [5.74, 6) is -0.711. The van der Waals surface area contributed by atoms with E-state index in [0.717, 1.165) is 11.3 Å². The van der Waals surface area contributed by atoms with E-state index in [2.05, 4.69) is 0 Å². The second kappa shape index (κ2) is 8.99. The largest absolute Gasteiger partial charge is 0.406 e. The van der Waals surface area contributed by atoms with E-state index in [-0.39, 0.29) is 18.0 Å². The van der Waals surface area contributed by atoms with Crippen LogP contribution in [-0.2, 0) is 17.9 Å². The van der Waals surface area contributed by atoms with E-state index < -0.39 is 18.6 Å². The predicted octanol–water partition coefficient (Wildman–Crippen LogP) is 3.89. The van der Waals surface area contributed by atoms with E-state index >= 15 is 0 Å². The number of likely N-dealkylation sites (tertiary alicyclic amines) is 1. The maximum absolute atomic E-state index is 13.1. The minimum atomic E-state index is -4.55. The summed E-state index contributed by atoms with van der Waals surface area (Å²) in [6.45, 7) is -0.662. The molecule has 0 aliphatic carbocycles. The molecule has 0 saturated carbocycles. The molecule has 0 aromatic heterocycles. The van der Waals surface area contributed by atoms with E-state index in [9.17, 15) is 22.8 Å². The Balaban J connectivity index is 1.80. The molecule has 1 saturated heterocycles. The van der Waals surface area contributed by atoms with Gasteiger partial charge in [-0.05, 0) is 41.8 Å². The summed E-state index contributed by atoms with van der Waals surface area (Å²) >= 11 is 0. The number of alkyl halides is 3. The Hall–Kier alpha value is -3.34. The van der Waals surface area contributed by atoms with Crippen molar-refractivity contribution < 1.29 is 22.8 Å². The van der Waals surface area contributed by atoms with Crippen molar-refractivity contribution in [3.8, 4) is 6.07 Å². The van der Waals surface area contributed by atoms with Crippen LogP contribution in [0, 0.1) is 11.3 Å². The second-order valence-electron chi connectivity index (χ2n) is 7.20. The highest BCUT2D eigenvalue weighted by atomic mass is 19.4. The average molecular weight is 415 g/mol. The maximum Gasteiger partial charge on any atom is 0.406 e. The summed E-state index contributed by atoms with van der Waals surface area (Å²) in [5, 5.41) is 8.86. The summed E-state index contributed by atoms with van der Waals surface area (Å²) in [6.07, 6.45) is -3.29. The fourth-order valence-electron chi connectivity index (χ4n) is 3.40. The maximum atomic E-state index is 13.1. The second-order valence-corrected chi connectivity index (χ2v) is 7.20. The minimum absolute atomic E-state index is 0.0336. The number of hydrogen-bond donors (Lipinski definition) is 0. The topological polar surface area (TPSA) is 64.4 Å². The third kappa shape index (κ3) is 5.60. The smallest absolute Gasteiger partial charge is 0.338 e. The lowest BCUT2D eigenvalue weighted by Crippen LogP contribution is -2.38. The molecule has 1 aliphatic heterocycles. The number of benzene rings is 2. The van der Waals surface area contributed by atoms with Crippen LogP contribution >= 0.6 is 0 Å². The van der Waals surface area contributed by atoms with Crippen molar-refractivity contribution in [1.82, 2.24) is 9.80 Å². The Kier molecular flexibility index (Phi) is 6.40. The van der Waals surface area contributed by atoms with Gasteiger partial charge in [0.25, 0.3) is 5.91 Å². The summed E-state index contributed by atoms with van der Waals surface area (Å²) in [5.41, 5.74) is 1.71. The molecule has 0 bridgehead atoms. The molecule has 1 aliphatic rings. The fraction of sp³-hybridized carbons (Fsp3) is 0.318. The zero-order valence-corrected chi connectivity index (χ0v) is 16.2. The molecule has 30 heavy (non-hydrogen) atoms. The molecule has 0 spiro atoms. The number of amides is 2. The normalized spacial score (nSPS) is 13.9. The molecule has 0 radical (unpaired) electrons. The lowest BCUT2D eigenvalue weighted by atomic mass is 10.1. The van der Waals surface area contributed by atoms with Crippen molar-refractivity contribution >= 4 is 11.8 Å². The molecule has 0 unspecified atom stereocenters. The zero-order chi connectivity index (χ0) is 21.7. The van der Waals surface area contributed by atoms with Gasteiger partial charge >= 0.3 is 6.18 Å². The first-order valence-electron chi connectivity index (χ1n) is 9.47. The van der Waals surface area contributed by atoms with Crippen LogP contribution < -0.4 is 0 Å². The Morgan fingerprint density at radius 2 is 1.87 bits per heavy atom. The van der Waals surface area contributed by atoms with Gasteiger partial charge in [0.1, 0.15) is 6.54 Å². The van der Waals surface area contributed by atoms with E-state index in [0.29, 0.717) is 36.2 Å². The Labute approximate surface area is 172 Å². The SMILES string of the molecule is N#Cc1ccc(CN(CC(F)(F)F)C(=O)c2cccc(CN3CCCC3=O)c2)cc1. The summed E-state index contributed by atoms with van der Waals surface area (Å²) in [7, 11) is 0. The quantitative estimate of drug-likeness (QED) is 0.719. The Morgan fingerprint density at radius 3 is 2.47 bits per heavy atom. The van der Waals surface area contributed by atoms with Crippen LogP contribution in [0.2, 0.25) is 0 Å². The number of carbonyl (C=O) groups is 2. The molecular weight excluding hydrogens is 395 g/mol. The lowest BCUT2D eigenvalue weighted by molar-refractivity contribution is -0.141. The molecule has 0 N–H and O–H groups in total. The molecule has 2 amide bonds. The van der Waals surface area contributed by atoms with Crippen LogP contribution in [0.3, 0.4) is 0 Å². The first-order valence-corrected chi connectivity index (χ1v) is 9.47. The Morgan fingerprint density at radius 1 is 1.13 bits per heavy atom. The monoisotopic (exact) mass is 415 g/mol. The number of rotatable bonds is 6. The molecule has 3 rings (SSSR count). The standard InChI is InChI=1S/C22H20F3N3O2/c23-22(24,25)15-28(13-17-8-6-16(12-26)7-9-17)21(30)19-4-1-3-18(11-19)14-27-10-2-5-20(27)29/h1,3-4,6-9,11H,2,5,10,13-15H2. The third-order valence-electron chi connectivity index (χ3n) is 4.83. The number of nitrogens with zero attached hydrogens (tertiary/aromatic N) is 3. The fourth-order valence-corrected chi connectivity index (χ4v) is 3.40. The highest BCUT2D eigenvalue weighted by Gasteiger charge is 2.33. The number of carbonyl (C=O) groups excluding carboxylic acids is 2. The van der Waals surface area contributed by atoms with E-state index in [1.807, 2.05) is 6.07 Å². The van der Waals surface area contributed by atoms with Gasteiger partial charge in [-0.1, -0.05) is 24.3 Å². The average Bonchev–Trinajstić information content (AvgIpc) is 3.11. The minimum Gasteiger partial charge on any atom is -0.338 e. The molecule has 8 heteroatoms. The predicted molar refractivity (Wildman–Crippen MR) is 103 cm³/mol. The lowest BCUT2D eigenvalue weighted by Gasteiger charge is -2.24.